The summed E-state index contributed by atoms with van der Waals surface area (Å²) in [5.41, 5.74) is 1.25. The predicted molar refractivity (Wildman–Crippen MR) is 86.9 cm³/mol. The Labute approximate surface area is 136 Å². The van der Waals surface area contributed by atoms with E-state index in [1.807, 2.05) is 4.90 Å². The summed E-state index contributed by atoms with van der Waals surface area (Å²) >= 11 is 1.71. The van der Waals surface area contributed by atoms with Crippen molar-refractivity contribution in [1.29, 1.82) is 0 Å². The second kappa shape index (κ2) is 6.64. The van der Waals surface area contributed by atoms with Gasteiger partial charge < -0.3 is 9.64 Å². The Hall–Kier alpha value is -0.980. The van der Waals surface area contributed by atoms with Gasteiger partial charge >= 0.3 is 0 Å². The third-order valence-corrected chi connectivity index (χ3v) is 5.50. The van der Waals surface area contributed by atoms with E-state index in [1.54, 1.807) is 18.3 Å². The number of carbonyl (C=O) groups excluding carboxylic acids is 1. The van der Waals surface area contributed by atoms with Crippen molar-refractivity contribution in [2.45, 2.75) is 33.2 Å². The molecule has 6 heteroatoms. The van der Waals surface area contributed by atoms with Gasteiger partial charge in [0.05, 0.1) is 23.9 Å². The van der Waals surface area contributed by atoms with Crippen molar-refractivity contribution in [3.8, 4) is 0 Å². The van der Waals surface area contributed by atoms with E-state index in [-0.39, 0.29) is 11.3 Å². The van der Waals surface area contributed by atoms with Gasteiger partial charge in [-0.15, -0.1) is 11.3 Å². The fourth-order valence-electron chi connectivity index (χ4n) is 3.66. The van der Waals surface area contributed by atoms with Gasteiger partial charge in [-0.2, -0.15) is 0 Å². The zero-order valence-electron chi connectivity index (χ0n) is 13.5. The molecule has 3 heterocycles. The molecular formula is C16H25N3O2S. The maximum Gasteiger partial charge on any atom is 0.219 e. The van der Waals surface area contributed by atoms with E-state index < -0.39 is 0 Å². The van der Waals surface area contributed by atoms with Gasteiger partial charge in [-0.25, -0.2) is 4.98 Å². The number of piperidine rings is 1. The first-order valence-electron chi connectivity index (χ1n) is 8.03. The highest BCUT2D eigenvalue weighted by molar-refractivity contribution is 7.09. The lowest BCUT2D eigenvalue weighted by Gasteiger charge is -2.43. The van der Waals surface area contributed by atoms with Gasteiger partial charge in [-0.05, 0) is 26.3 Å². The molecular weight excluding hydrogens is 298 g/mol. The van der Waals surface area contributed by atoms with E-state index in [9.17, 15) is 4.79 Å². The standard InChI is InChI=1S/C16H25N3O2S/c1-13-17-15(9-22-13)8-18-5-3-4-16(10-18)11-19(14(2)20)6-7-21-12-16/h9H,3-8,10-12H2,1-2H3/t16-/m1/s1. The van der Waals surface area contributed by atoms with E-state index >= 15 is 0 Å². The molecule has 1 spiro atoms. The number of aryl methyl sites for hydroxylation is 1. The average molecular weight is 323 g/mol. The molecule has 22 heavy (non-hydrogen) atoms. The monoisotopic (exact) mass is 323 g/mol. The SMILES string of the molecule is CC(=O)N1CCOC[C@@]2(CCCN(Cc3csc(C)n3)C2)C1. The molecule has 0 radical (unpaired) electrons. The van der Waals surface area contributed by atoms with Gasteiger partial charge in [-0.1, -0.05) is 0 Å². The van der Waals surface area contributed by atoms with Crippen molar-refractivity contribution in [3.63, 3.8) is 0 Å². The topological polar surface area (TPSA) is 45.7 Å². The third-order valence-electron chi connectivity index (χ3n) is 4.68. The van der Waals surface area contributed by atoms with Crippen LogP contribution in [0.3, 0.4) is 0 Å². The molecule has 2 fully saturated rings. The van der Waals surface area contributed by atoms with Crippen molar-refractivity contribution in [2.24, 2.45) is 5.41 Å². The van der Waals surface area contributed by atoms with Gasteiger partial charge in [0.25, 0.3) is 0 Å². The maximum absolute atomic E-state index is 11.8. The number of rotatable bonds is 2. The van der Waals surface area contributed by atoms with Crippen LogP contribution in [-0.4, -0.2) is 60.1 Å². The number of thiazole rings is 1. The highest BCUT2D eigenvalue weighted by Gasteiger charge is 2.39. The zero-order chi connectivity index (χ0) is 15.6. The second-order valence-corrected chi connectivity index (χ2v) is 7.73. The Kier molecular flexibility index (Phi) is 4.80. The highest BCUT2D eigenvalue weighted by Crippen LogP contribution is 2.33. The molecule has 1 aromatic rings. The Morgan fingerprint density at radius 2 is 2.32 bits per heavy atom. The Morgan fingerprint density at radius 1 is 1.45 bits per heavy atom. The van der Waals surface area contributed by atoms with Crippen LogP contribution in [0.25, 0.3) is 0 Å². The Morgan fingerprint density at radius 3 is 3.05 bits per heavy atom. The number of aromatic nitrogens is 1. The molecule has 1 atom stereocenters. The van der Waals surface area contributed by atoms with Crippen molar-refractivity contribution in [2.75, 3.05) is 39.4 Å². The van der Waals surface area contributed by atoms with E-state index in [2.05, 4.69) is 22.2 Å². The summed E-state index contributed by atoms with van der Waals surface area (Å²) in [5.74, 6) is 0.164. The number of likely N-dealkylation sites (tertiary alicyclic amines) is 1. The van der Waals surface area contributed by atoms with Crippen LogP contribution < -0.4 is 0 Å². The van der Waals surface area contributed by atoms with Crippen molar-refractivity contribution >= 4 is 17.2 Å². The van der Waals surface area contributed by atoms with Crippen molar-refractivity contribution < 1.29 is 9.53 Å². The summed E-state index contributed by atoms with van der Waals surface area (Å²) in [6.07, 6.45) is 2.31. The lowest BCUT2D eigenvalue weighted by Crippen LogP contribution is -2.51. The molecule has 0 saturated carbocycles. The number of amides is 1. The highest BCUT2D eigenvalue weighted by atomic mass is 32.1. The number of hydrogen-bond donors (Lipinski definition) is 0. The van der Waals surface area contributed by atoms with Crippen LogP contribution in [0, 0.1) is 12.3 Å². The summed E-state index contributed by atoms with van der Waals surface area (Å²) in [6.45, 7) is 9.71. The number of nitrogens with zero attached hydrogens (tertiary/aromatic N) is 3. The molecule has 1 amide bonds. The van der Waals surface area contributed by atoms with Crippen LogP contribution in [0.5, 0.6) is 0 Å². The molecule has 3 rings (SSSR count). The van der Waals surface area contributed by atoms with E-state index in [4.69, 9.17) is 4.74 Å². The molecule has 5 nitrogen and oxygen atoms in total. The fraction of sp³-hybridized carbons (Fsp3) is 0.750. The molecule has 0 N–H and O–H groups in total. The quantitative estimate of drug-likeness (QED) is 0.834. The minimum atomic E-state index is 0.0888. The second-order valence-electron chi connectivity index (χ2n) is 6.67. The number of hydrogen-bond acceptors (Lipinski definition) is 5. The molecule has 0 aliphatic carbocycles. The summed E-state index contributed by atoms with van der Waals surface area (Å²) < 4.78 is 5.84. The van der Waals surface area contributed by atoms with E-state index in [1.165, 1.54) is 0 Å². The first-order chi connectivity index (χ1) is 10.6. The Balaban J connectivity index is 1.68. The zero-order valence-corrected chi connectivity index (χ0v) is 14.3. The summed E-state index contributed by atoms with van der Waals surface area (Å²) in [6, 6.07) is 0. The summed E-state index contributed by atoms with van der Waals surface area (Å²) in [5, 5.41) is 3.28. The average Bonchev–Trinajstić information content (AvgIpc) is 2.76. The minimum absolute atomic E-state index is 0.0888. The van der Waals surface area contributed by atoms with Crippen LogP contribution in [0.2, 0.25) is 0 Å². The molecule has 1 aromatic heterocycles. The molecule has 2 aliphatic heterocycles. The summed E-state index contributed by atoms with van der Waals surface area (Å²) in [7, 11) is 0. The van der Waals surface area contributed by atoms with Crippen molar-refractivity contribution in [3.05, 3.63) is 16.1 Å². The number of ether oxygens (including phenoxy) is 1. The van der Waals surface area contributed by atoms with Gasteiger partial charge in [0.1, 0.15) is 0 Å². The normalized spacial score (nSPS) is 27.1. The molecule has 0 bridgehead atoms. The van der Waals surface area contributed by atoms with Crippen LogP contribution >= 0.6 is 11.3 Å². The third kappa shape index (κ3) is 3.67. The van der Waals surface area contributed by atoms with Gasteiger partial charge in [-0.3, -0.25) is 9.69 Å². The fourth-order valence-corrected chi connectivity index (χ4v) is 4.27. The Bertz CT molecular complexity index is 533. The van der Waals surface area contributed by atoms with Gasteiger partial charge in [0.2, 0.25) is 5.91 Å². The molecule has 0 aromatic carbocycles. The minimum Gasteiger partial charge on any atom is -0.379 e. The first-order valence-corrected chi connectivity index (χ1v) is 8.91. The lowest BCUT2D eigenvalue weighted by atomic mass is 9.80. The number of carbonyl (C=O) groups is 1. The lowest BCUT2D eigenvalue weighted by molar-refractivity contribution is -0.130. The first kappa shape index (κ1) is 15.9. The van der Waals surface area contributed by atoms with Crippen molar-refractivity contribution in [1.82, 2.24) is 14.8 Å². The predicted octanol–water partition coefficient (Wildman–Crippen LogP) is 1.91. The van der Waals surface area contributed by atoms with Crippen LogP contribution in [-0.2, 0) is 16.1 Å². The smallest absolute Gasteiger partial charge is 0.219 e. The summed E-state index contributed by atoms with van der Waals surface area (Å²) in [4.78, 5) is 20.8. The maximum atomic E-state index is 11.8. The van der Waals surface area contributed by atoms with Crippen LogP contribution in [0.1, 0.15) is 30.5 Å². The van der Waals surface area contributed by atoms with E-state index in [0.717, 1.165) is 62.9 Å². The van der Waals surface area contributed by atoms with Gasteiger partial charge in [0, 0.05) is 43.9 Å². The molecule has 0 unspecified atom stereocenters. The van der Waals surface area contributed by atoms with Crippen LogP contribution in [0.4, 0.5) is 0 Å². The molecule has 2 aliphatic rings. The molecule has 2 saturated heterocycles. The molecule has 122 valence electrons. The largest absolute Gasteiger partial charge is 0.379 e. The van der Waals surface area contributed by atoms with Crippen LogP contribution in [0.15, 0.2) is 5.38 Å². The van der Waals surface area contributed by atoms with Gasteiger partial charge in [0.15, 0.2) is 0 Å². The van der Waals surface area contributed by atoms with E-state index in [0.29, 0.717) is 6.61 Å².